The van der Waals surface area contributed by atoms with Crippen LogP contribution in [0, 0.1) is 11.8 Å². The van der Waals surface area contributed by atoms with Crippen LogP contribution in [0.4, 0.5) is 13.2 Å². The topological polar surface area (TPSA) is 43.1 Å². The van der Waals surface area contributed by atoms with Crippen molar-refractivity contribution in [1.82, 2.24) is 0 Å². The molecular formula is C8H12F3NO. The lowest BCUT2D eigenvalue weighted by Gasteiger charge is -2.16. The largest absolute Gasteiger partial charge is 0.400 e. The number of rotatable bonds is 4. The molecule has 0 saturated heterocycles. The first kappa shape index (κ1) is 10.3. The Morgan fingerprint density at radius 3 is 2.31 bits per heavy atom. The summed E-state index contributed by atoms with van der Waals surface area (Å²) in [4.78, 5) is 10.5. The Morgan fingerprint density at radius 2 is 2.00 bits per heavy atom. The maximum atomic E-state index is 12.1. The van der Waals surface area contributed by atoms with Crippen molar-refractivity contribution in [3.63, 3.8) is 0 Å². The van der Waals surface area contributed by atoms with Crippen molar-refractivity contribution in [1.29, 1.82) is 0 Å². The number of alkyl halides is 3. The molecule has 0 aromatic carbocycles. The maximum absolute atomic E-state index is 12.1. The predicted molar refractivity (Wildman–Crippen MR) is 40.7 cm³/mol. The van der Waals surface area contributed by atoms with E-state index in [-0.39, 0.29) is 6.42 Å². The molecule has 0 heterocycles. The molecule has 13 heavy (non-hydrogen) atoms. The summed E-state index contributed by atoms with van der Waals surface area (Å²) in [5.74, 6) is -2.81. The van der Waals surface area contributed by atoms with Crippen LogP contribution in [-0.2, 0) is 4.79 Å². The highest BCUT2D eigenvalue weighted by Crippen LogP contribution is 2.38. The standard InChI is InChI=1S/C8H12F3NO/c9-8(10,11)6(7(12)13)4-3-5-1-2-5/h5-6H,1-4H2,(H2,12,13). The van der Waals surface area contributed by atoms with Crippen molar-refractivity contribution < 1.29 is 18.0 Å². The van der Waals surface area contributed by atoms with Crippen molar-refractivity contribution in [2.24, 2.45) is 17.6 Å². The zero-order valence-electron chi connectivity index (χ0n) is 7.10. The van der Waals surface area contributed by atoms with Crippen LogP contribution in [0.2, 0.25) is 0 Å². The van der Waals surface area contributed by atoms with Gasteiger partial charge in [0.15, 0.2) is 0 Å². The first-order valence-corrected chi connectivity index (χ1v) is 4.27. The van der Waals surface area contributed by atoms with Gasteiger partial charge in [-0.25, -0.2) is 0 Å². The molecule has 5 heteroatoms. The van der Waals surface area contributed by atoms with Gasteiger partial charge in [0.25, 0.3) is 0 Å². The number of hydrogen-bond acceptors (Lipinski definition) is 1. The Balaban J connectivity index is 2.41. The smallest absolute Gasteiger partial charge is 0.369 e. The molecule has 1 rings (SSSR count). The fraction of sp³-hybridized carbons (Fsp3) is 0.875. The summed E-state index contributed by atoms with van der Waals surface area (Å²) < 4.78 is 36.4. The van der Waals surface area contributed by atoms with Gasteiger partial charge in [0, 0.05) is 0 Å². The van der Waals surface area contributed by atoms with Crippen LogP contribution in [0.5, 0.6) is 0 Å². The molecule has 1 atom stereocenters. The summed E-state index contributed by atoms with van der Waals surface area (Å²) in [6.45, 7) is 0. The van der Waals surface area contributed by atoms with Crippen molar-refractivity contribution in [2.45, 2.75) is 31.9 Å². The quantitative estimate of drug-likeness (QED) is 0.730. The molecule has 0 aliphatic heterocycles. The van der Waals surface area contributed by atoms with Crippen molar-refractivity contribution in [2.75, 3.05) is 0 Å². The first-order chi connectivity index (χ1) is 5.91. The van der Waals surface area contributed by atoms with Crippen LogP contribution >= 0.6 is 0 Å². The van der Waals surface area contributed by atoms with Crippen molar-refractivity contribution in [3.8, 4) is 0 Å². The fourth-order valence-corrected chi connectivity index (χ4v) is 1.28. The van der Waals surface area contributed by atoms with Crippen LogP contribution in [0.1, 0.15) is 25.7 Å². The third-order valence-electron chi connectivity index (χ3n) is 2.30. The lowest BCUT2D eigenvalue weighted by molar-refractivity contribution is -0.182. The normalized spacial score (nSPS) is 19.9. The third-order valence-corrected chi connectivity index (χ3v) is 2.30. The second-order valence-electron chi connectivity index (χ2n) is 3.52. The molecule has 1 aliphatic carbocycles. The first-order valence-electron chi connectivity index (χ1n) is 4.27. The van der Waals surface area contributed by atoms with Gasteiger partial charge in [-0.05, 0) is 18.8 Å². The highest BCUT2D eigenvalue weighted by atomic mass is 19.4. The molecule has 0 bridgehead atoms. The van der Waals surface area contributed by atoms with Gasteiger partial charge >= 0.3 is 6.18 Å². The minimum atomic E-state index is -4.47. The van der Waals surface area contributed by atoms with Crippen LogP contribution in [0.3, 0.4) is 0 Å². The molecule has 1 aliphatic rings. The van der Waals surface area contributed by atoms with Crippen molar-refractivity contribution in [3.05, 3.63) is 0 Å². The van der Waals surface area contributed by atoms with E-state index in [1.165, 1.54) is 0 Å². The van der Waals surface area contributed by atoms with E-state index < -0.39 is 18.0 Å². The van der Waals surface area contributed by atoms with Gasteiger partial charge in [0.05, 0.1) is 0 Å². The lowest BCUT2D eigenvalue weighted by atomic mass is 10.0. The second kappa shape index (κ2) is 3.55. The van der Waals surface area contributed by atoms with E-state index in [4.69, 9.17) is 0 Å². The monoisotopic (exact) mass is 195 g/mol. The molecule has 0 spiro atoms. The van der Waals surface area contributed by atoms with Crippen LogP contribution < -0.4 is 5.73 Å². The molecule has 1 amide bonds. The second-order valence-corrected chi connectivity index (χ2v) is 3.52. The van der Waals surface area contributed by atoms with E-state index in [0.717, 1.165) is 12.8 Å². The highest BCUT2D eigenvalue weighted by molar-refractivity contribution is 5.77. The molecule has 76 valence electrons. The molecular weight excluding hydrogens is 183 g/mol. The molecule has 1 fully saturated rings. The van der Waals surface area contributed by atoms with E-state index in [1.54, 1.807) is 0 Å². The summed E-state index contributed by atoms with van der Waals surface area (Å²) in [6.07, 6.45) is -2.18. The van der Waals surface area contributed by atoms with Crippen LogP contribution in [-0.4, -0.2) is 12.1 Å². The highest BCUT2D eigenvalue weighted by Gasteiger charge is 2.43. The molecule has 1 saturated carbocycles. The van der Waals surface area contributed by atoms with Crippen LogP contribution in [0.25, 0.3) is 0 Å². The average Bonchev–Trinajstić information content (AvgIpc) is 2.66. The SMILES string of the molecule is NC(=O)C(CCC1CC1)C(F)(F)F. The van der Waals surface area contributed by atoms with Crippen molar-refractivity contribution >= 4 is 5.91 Å². The number of halogens is 3. The van der Waals surface area contributed by atoms with Gasteiger partial charge < -0.3 is 5.73 Å². The molecule has 0 aromatic heterocycles. The zero-order chi connectivity index (χ0) is 10.1. The molecule has 2 nitrogen and oxygen atoms in total. The van der Waals surface area contributed by atoms with Gasteiger partial charge in [-0.15, -0.1) is 0 Å². The molecule has 1 unspecified atom stereocenters. The van der Waals surface area contributed by atoms with E-state index in [1.807, 2.05) is 0 Å². The molecule has 2 N–H and O–H groups in total. The summed E-state index contributed by atoms with van der Waals surface area (Å²) >= 11 is 0. The van der Waals surface area contributed by atoms with E-state index in [2.05, 4.69) is 5.73 Å². The predicted octanol–water partition coefficient (Wildman–Crippen LogP) is 1.84. The summed E-state index contributed by atoms with van der Waals surface area (Å²) in [5.41, 5.74) is 4.67. The number of carbonyl (C=O) groups excluding carboxylic acids is 1. The number of carbonyl (C=O) groups is 1. The average molecular weight is 195 g/mol. The van der Waals surface area contributed by atoms with Gasteiger partial charge in [-0.2, -0.15) is 13.2 Å². The van der Waals surface area contributed by atoms with E-state index in [0.29, 0.717) is 12.3 Å². The summed E-state index contributed by atoms with van der Waals surface area (Å²) in [7, 11) is 0. The number of nitrogens with two attached hydrogens (primary N) is 1. The minimum Gasteiger partial charge on any atom is -0.369 e. The Bertz CT molecular complexity index is 198. The minimum absolute atomic E-state index is 0.149. The Kier molecular flexibility index (Phi) is 2.83. The Labute approximate surface area is 74.3 Å². The van der Waals surface area contributed by atoms with Gasteiger partial charge in [-0.1, -0.05) is 12.8 Å². The summed E-state index contributed by atoms with van der Waals surface area (Å²) in [5, 5.41) is 0. The Hall–Kier alpha value is -0.740. The molecule has 0 aromatic rings. The fourth-order valence-electron chi connectivity index (χ4n) is 1.28. The number of amides is 1. The molecule has 0 radical (unpaired) electrons. The zero-order valence-corrected chi connectivity index (χ0v) is 7.10. The van der Waals surface area contributed by atoms with E-state index >= 15 is 0 Å². The number of hydrogen-bond donors (Lipinski definition) is 1. The lowest BCUT2D eigenvalue weighted by Crippen LogP contribution is -2.35. The van der Waals surface area contributed by atoms with Gasteiger partial charge in [0.2, 0.25) is 5.91 Å². The van der Waals surface area contributed by atoms with Crippen LogP contribution in [0.15, 0.2) is 0 Å². The van der Waals surface area contributed by atoms with Gasteiger partial charge in [0.1, 0.15) is 5.92 Å². The van der Waals surface area contributed by atoms with E-state index in [9.17, 15) is 18.0 Å². The maximum Gasteiger partial charge on any atom is 0.400 e. The summed E-state index contributed by atoms with van der Waals surface area (Å²) in [6, 6.07) is 0. The van der Waals surface area contributed by atoms with Gasteiger partial charge in [-0.3, -0.25) is 4.79 Å². The Morgan fingerprint density at radius 1 is 1.46 bits per heavy atom. The number of primary amides is 1. The third kappa shape index (κ3) is 3.24.